The summed E-state index contributed by atoms with van der Waals surface area (Å²) in [6, 6.07) is 2.26. The number of thiophene rings is 1. The molecule has 1 saturated heterocycles. The summed E-state index contributed by atoms with van der Waals surface area (Å²) in [5, 5.41) is 11.2. The van der Waals surface area contributed by atoms with Crippen LogP contribution in [0.3, 0.4) is 0 Å². The van der Waals surface area contributed by atoms with Gasteiger partial charge in [0.2, 0.25) is 0 Å². The molecule has 26 heavy (non-hydrogen) atoms. The highest BCUT2D eigenvalue weighted by molar-refractivity contribution is 7.19. The van der Waals surface area contributed by atoms with Crippen molar-refractivity contribution in [3.8, 4) is 0 Å². The summed E-state index contributed by atoms with van der Waals surface area (Å²) < 4.78 is 1.23. The maximum atomic E-state index is 4.58. The summed E-state index contributed by atoms with van der Waals surface area (Å²) in [6.07, 6.45) is 13.4. The molecular formula is C21H26N4S. The van der Waals surface area contributed by atoms with E-state index in [4.69, 9.17) is 0 Å². The average molecular weight is 367 g/mol. The quantitative estimate of drug-likeness (QED) is 0.807. The Balaban J connectivity index is 1.60. The van der Waals surface area contributed by atoms with E-state index in [1.165, 1.54) is 47.5 Å². The molecule has 0 bridgehead atoms. The molecule has 0 amide bonds. The van der Waals surface area contributed by atoms with Gasteiger partial charge >= 0.3 is 0 Å². The van der Waals surface area contributed by atoms with Crippen molar-refractivity contribution in [1.82, 2.24) is 20.4 Å². The van der Waals surface area contributed by atoms with Crippen LogP contribution in [0.25, 0.3) is 15.9 Å². The number of H-pyrrole nitrogens is 1. The standard InChI is InChI=1S/C21H26N4S/c1-15-7-6-8-18(22-16(2)10-9-15)20-21-19(23-24-20)13-17(26-21)14-25-11-4-3-5-12-25/h7-10,13,22H,2-6,11-12,14H2,1H3,(H,23,24)/b10-9-,15-7-,18-8-. The highest BCUT2D eigenvalue weighted by Gasteiger charge is 2.17. The van der Waals surface area contributed by atoms with Crippen LogP contribution in [0.4, 0.5) is 0 Å². The highest BCUT2D eigenvalue weighted by atomic mass is 32.1. The Hall–Kier alpha value is -2.11. The van der Waals surface area contributed by atoms with Gasteiger partial charge in [0.05, 0.1) is 15.9 Å². The molecule has 0 aliphatic carbocycles. The van der Waals surface area contributed by atoms with Gasteiger partial charge in [0.25, 0.3) is 0 Å². The summed E-state index contributed by atoms with van der Waals surface area (Å²) in [4.78, 5) is 3.98. The summed E-state index contributed by atoms with van der Waals surface area (Å²) in [5.74, 6) is 0. The molecule has 0 saturated carbocycles. The van der Waals surface area contributed by atoms with E-state index in [2.05, 4.69) is 58.2 Å². The lowest BCUT2D eigenvalue weighted by Gasteiger charge is -2.25. The van der Waals surface area contributed by atoms with Crippen LogP contribution < -0.4 is 5.32 Å². The van der Waals surface area contributed by atoms with Gasteiger partial charge in [-0.05, 0) is 51.4 Å². The lowest BCUT2D eigenvalue weighted by Crippen LogP contribution is -2.28. The van der Waals surface area contributed by atoms with Gasteiger partial charge in [-0.15, -0.1) is 11.3 Å². The van der Waals surface area contributed by atoms with Crippen molar-refractivity contribution in [2.45, 2.75) is 39.2 Å². The van der Waals surface area contributed by atoms with Crippen molar-refractivity contribution in [3.63, 3.8) is 0 Å². The third kappa shape index (κ3) is 3.84. The number of nitrogens with zero attached hydrogens (tertiary/aromatic N) is 2. The molecule has 0 atom stereocenters. The van der Waals surface area contributed by atoms with Crippen molar-refractivity contribution in [2.75, 3.05) is 13.1 Å². The lowest BCUT2D eigenvalue weighted by atomic mass is 10.1. The fourth-order valence-corrected chi connectivity index (χ4v) is 4.70. The minimum Gasteiger partial charge on any atom is -0.354 e. The second kappa shape index (κ2) is 7.64. The van der Waals surface area contributed by atoms with Gasteiger partial charge in [0.15, 0.2) is 0 Å². The van der Waals surface area contributed by atoms with E-state index in [0.29, 0.717) is 0 Å². The van der Waals surface area contributed by atoms with E-state index in [0.717, 1.165) is 35.6 Å². The lowest BCUT2D eigenvalue weighted by molar-refractivity contribution is 0.223. The molecule has 2 aromatic rings. The monoisotopic (exact) mass is 366 g/mol. The molecule has 4 rings (SSSR count). The number of hydrogen-bond acceptors (Lipinski definition) is 4. The maximum Gasteiger partial charge on any atom is 0.126 e. The molecule has 136 valence electrons. The molecule has 0 radical (unpaired) electrons. The molecule has 0 aromatic carbocycles. The number of rotatable bonds is 3. The molecule has 4 nitrogen and oxygen atoms in total. The Bertz CT molecular complexity index is 890. The van der Waals surface area contributed by atoms with Crippen LogP contribution in [0.2, 0.25) is 0 Å². The Morgan fingerprint density at radius 1 is 1.19 bits per heavy atom. The summed E-state index contributed by atoms with van der Waals surface area (Å²) >= 11 is 1.86. The van der Waals surface area contributed by atoms with E-state index in [-0.39, 0.29) is 0 Å². The first-order valence-corrected chi connectivity index (χ1v) is 10.2. The topological polar surface area (TPSA) is 44.0 Å². The normalized spacial score (nSPS) is 24.7. The number of piperidine rings is 1. The van der Waals surface area contributed by atoms with Gasteiger partial charge in [-0.25, -0.2) is 0 Å². The number of aromatic nitrogens is 2. The number of hydrogen-bond donors (Lipinski definition) is 2. The highest BCUT2D eigenvalue weighted by Crippen LogP contribution is 2.32. The smallest absolute Gasteiger partial charge is 0.126 e. The van der Waals surface area contributed by atoms with Crippen molar-refractivity contribution < 1.29 is 0 Å². The fourth-order valence-electron chi connectivity index (χ4n) is 3.55. The van der Waals surface area contributed by atoms with Crippen molar-refractivity contribution in [1.29, 1.82) is 0 Å². The second-order valence-electron chi connectivity index (χ2n) is 7.15. The Kier molecular flexibility index (Phi) is 5.09. The molecule has 2 aromatic heterocycles. The van der Waals surface area contributed by atoms with E-state index < -0.39 is 0 Å². The molecule has 2 aliphatic rings. The minimum absolute atomic E-state index is 0.881. The first kappa shape index (κ1) is 17.3. The Morgan fingerprint density at radius 3 is 2.88 bits per heavy atom. The summed E-state index contributed by atoms with van der Waals surface area (Å²) in [7, 11) is 0. The van der Waals surface area contributed by atoms with Crippen LogP contribution in [0.5, 0.6) is 0 Å². The van der Waals surface area contributed by atoms with E-state index in [1.54, 1.807) is 0 Å². The number of allylic oxidation sites excluding steroid dienone is 5. The van der Waals surface area contributed by atoms with Gasteiger partial charge in [-0.1, -0.05) is 36.8 Å². The van der Waals surface area contributed by atoms with Crippen LogP contribution >= 0.6 is 11.3 Å². The largest absolute Gasteiger partial charge is 0.354 e. The van der Waals surface area contributed by atoms with Crippen LogP contribution in [0.15, 0.2) is 48.2 Å². The maximum absolute atomic E-state index is 4.58. The number of nitrogens with one attached hydrogen (secondary N) is 2. The SMILES string of the molecule is C=C1/C=C\C(C)=C/C/C=C(/c2n[nH]c3cc(CN4CCCCC4)sc23)N1. The molecule has 2 aliphatic heterocycles. The molecule has 5 heteroatoms. The van der Waals surface area contributed by atoms with Gasteiger partial charge in [0, 0.05) is 17.1 Å². The fraction of sp³-hybridized carbons (Fsp3) is 0.381. The third-order valence-corrected chi connectivity index (χ3v) is 6.10. The number of fused-ring (bicyclic) bond motifs is 1. The molecule has 4 heterocycles. The van der Waals surface area contributed by atoms with E-state index in [1.807, 2.05) is 17.4 Å². The van der Waals surface area contributed by atoms with Crippen molar-refractivity contribution >= 4 is 27.3 Å². The van der Waals surface area contributed by atoms with Crippen LogP contribution in [0, 0.1) is 0 Å². The summed E-state index contributed by atoms with van der Waals surface area (Å²) in [6.45, 7) is 9.72. The number of likely N-dealkylation sites (tertiary alicyclic amines) is 1. The molecule has 1 fully saturated rings. The van der Waals surface area contributed by atoms with Crippen molar-refractivity contribution in [2.24, 2.45) is 0 Å². The first-order chi connectivity index (χ1) is 12.7. The van der Waals surface area contributed by atoms with Crippen LogP contribution in [-0.4, -0.2) is 28.2 Å². The van der Waals surface area contributed by atoms with Gasteiger partial charge in [0.1, 0.15) is 5.69 Å². The molecule has 2 N–H and O–H groups in total. The van der Waals surface area contributed by atoms with E-state index >= 15 is 0 Å². The Labute approximate surface area is 159 Å². The predicted octanol–water partition coefficient (Wildman–Crippen LogP) is 4.96. The molecule has 0 unspecified atom stereocenters. The second-order valence-corrected chi connectivity index (χ2v) is 8.29. The van der Waals surface area contributed by atoms with E-state index in [9.17, 15) is 0 Å². The Morgan fingerprint density at radius 2 is 2.04 bits per heavy atom. The third-order valence-electron chi connectivity index (χ3n) is 4.97. The van der Waals surface area contributed by atoms with Gasteiger partial charge in [-0.3, -0.25) is 10.00 Å². The number of aromatic amines is 1. The predicted molar refractivity (Wildman–Crippen MR) is 111 cm³/mol. The van der Waals surface area contributed by atoms with Crippen LogP contribution in [0.1, 0.15) is 43.2 Å². The zero-order chi connectivity index (χ0) is 17.9. The average Bonchev–Trinajstić information content (AvgIpc) is 3.21. The first-order valence-electron chi connectivity index (χ1n) is 9.39. The van der Waals surface area contributed by atoms with Crippen molar-refractivity contribution in [3.05, 3.63) is 58.8 Å². The zero-order valence-corrected chi connectivity index (χ0v) is 16.2. The van der Waals surface area contributed by atoms with Gasteiger partial charge < -0.3 is 5.32 Å². The summed E-state index contributed by atoms with van der Waals surface area (Å²) in [5.41, 5.74) is 5.29. The molecular weight excluding hydrogens is 340 g/mol. The van der Waals surface area contributed by atoms with Gasteiger partial charge in [-0.2, -0.15) is 5.10 Å². The molecule has 0 spiro atoms. The minimum atomic E-state index is 0.881. The van der Waals surface area contributed by atoms with Crippen LogP contribution in [-0.2, 0) is 6.54 Å². The zero-order valence-electron chi connectivity index (χ0n) is 15.3.